The summed E-state index contributed by atoms with van der Waals surface area (Å²) < 4.78 is 46.1. The molecule has 1 aromatic heterocycles. The van der Waals surface area contributed by atoms with E-state index in [9.17, 15) is 18.8 Å². The lowest BCUT2D eigenvalue weighted by Crippen LogP contribution is -2.35. The third-order valence-electron chi connectivity index (χ3n) is 9.79. The summed E-state index contributed by atoms with van der Waals surface area (Å²) in [6.07, 6.45) is 5.68. The third-order valence-corrected chi connectivity index (χ3v) is 9.79. The number of carbonyl (C=O) groups excluding carboxylic acids is 3. The first-order valence-corrected chi connectivity index (χ1v) is 17.0. The minimum Gasteiger partial charge on any atom is -0.493 e. The molecule has 260 valence electrons. The first-order valence-electron chi connectivity index (χ1n) is 17.0. The molecule has 3 aromatic carbocycles. The van der Waals surface area contributed by atoms with Gasteiger partial charge in [-0.05, 0) is 86.7 Å². The molecule has 3 fully saturated rings. The first-order chi connectivity index (χ1) is 24.2. The number of fused-ring (bicyclic) bond motifs is 1. The molecule has 1 spiro atoms. The summed E-state index contributed by atoms with van der Waals surface area (Å²) in [5.41, 5.74) is 0.0418. The number of hydrogen-bond acceptors (Lipinski definition) is 8. The van der Waals surface area contributed by atoms with Gasteiger partial charge >= 0.3 is 5.97 Å². The van der Waals surface area contributed by atoms with Crippen molar-refractivity contribution in [1.82, 2.24) is 9.88 Å². The van der Waals surface area contributed by atoms with Crippen LogP contribution in [0.3, 0.4) is 0 Å². The van der Waals surface area contributed by atoms with E-state index in [1.807, 2.05) is 25.1 Å². The summed E-state index contributed by atoms with van der Waals surface area (Å²) in [6, 6.07) is 16.4. The van der Waals surface area contributed by atoms with Crippen molar-refractivity contribution in [3.05, 3.63) is 84.6 Å². The van der Waals surface area contributed by atoms with Crippen molar-refractivity contribution in [3.8, 4) is 17.2 Å². The number of nitrogens with zero attached hydrogens (tertiary/aromatic N) is 2. The molecule has 2 heterocycles. The molecule has 50 heavy (non-hydrogen) atoms. The number of carbonyl (C=O) groups is 3. The van der Waals surface area contributed by atoms with E-state index in [0.29, 0.717) is 54.0 Å². The van der Waals surface area contributed by atoms with Crippen molar-refractivity contribution < 1.29 is 37.4 Å². The number of esters is 1. The van der Waals surface area contributed by atoms with Gasteiger partial charge in [0.2, 0.25) is 11.8 Å². The number of rotatable bonds is 13. The van der Waals surface area contributed by atoms with Crippen LogP contribution in [0.4, 0.5) is 20.2 Å². The maximum absolute atomic E-state index is 15.2. The van der Waals surface area contributed by atoms with Crippen molar-refractivity contribution in [1.29, 1.82) is 0 Å². The van der Waals surface area contributed by atoms with Crippen molar-refractivity contribution in [3.63, 3.8) is 0 Å². The highest BCUT2D eigenvalue weighted by Gasteiger charge is 2.57. The molecule has 7 rings (SSSR count). The van der Waals surface area contributed by atoms with Crippen LogP contribution >= 0.6 is 0 Å². The molecule has 12 heteroatoms. The van der Waals surface area contributed by atoms with E-state index in [-0.39, 0.29) is 28.9 Å². The number of ether oxygens (including phenoxy) is 3. The molecule has 10 nitrogen and oxygen atoms in total. The summed E-state index contributed by atoms with van der Waals surface area (Å²) in [5.74, 6) is -1.32. The van der Waals surface area contributed by atoms with Crippen LogP contribution < -0.4 is 20.1 Å². The predicted octanol–water partition coefficient (Wildman–Crippen LogP) is 6.85. The summed E-state index contributed by atoms with van der Waals surface area (Å²) in [4.78, 5) is 44.5. The molecular weight excluding hydrogens is 646 g/mol. The van der Waals surface area contributed by atoms with Crippen LogP contribution in [0, 0.1) is 22.5 Å². The van der Waals surface area contributed by atoms with Crippen molar-refractivity contribution in [2.24, 2.45) is 10.8 Å². The average Bonchev–Trinajstić information content (AvgIpc) is 4.04. The van der Waals surface area contributed by atoms with Gasteiger partial charge in [0.1, 0.15) is 28.8 Å². The topological polar surface area (TPSA) is 119 Å². The Morgan fingerprint density at radius 3 is 2.34 bits per heavy atom. The number of amides is 2. The highest BCUT2D eigenvalue weighted by atomic mass is 19.1. The fraction of sp³-hybridized carbons (Fsp3) is 0.368. The molecule has 1 aliphatic heterocycles. The van der Waals surface area contributed by atoms with Crippen LogP contribution in [-0.2, 0) is 19.1 Å². The second-order valence-electron chi connectivity index (χ2n) is 13.4. The second kappa shape index (κ2) is 13.7. The standard InChI is InChI=1S/C38H38F2N4O6/c1-2-34(45)50-33-22-44(23-37(33)13-14-37)18-3-19-48-27-9-10-28-30(21-27)41-17-12-31(28)49-32-11-8-26(20-29(32)40)43-36(47)38(15-16-38)35(46)42-25-6-4-24(39)5-7-25/h4-12,17,20-21,33H,2-3,13-16,18-19,22-23H2,1H3,(H,42,46)(H,43,47). The van der Waals surface area contributed by atoms with E-state index >= 15 is 4.39 Å². The maximum Gasteiger partial charge on any atom is 0.305 e. The van der Waals surface area contributed by atoms with Gasteiger partial charge in [-0.3, -0.25) is 24.3 Å². The van der Waals surface area contributed by atoms with Crippen molar-refractivity contribution >= 4 is 40.1 Å². The molecule has 2 aliphatic carbocycles. The van der Waals surface area contributed by atoms with Gasteiger partial charge in [0.15, 0.2) is 11.6 Å². The lowest BCUT2D eigenvalue weighted by molar-refractivity contribution is -0.150. The maximum atomic E-state index is 15.2. The zero-order valence-corrected chi connectivity index (χ0v) is 27.7. The van der Waals surface area contributed by atoms with Gasteiger partial charge in [-0.25, -0.2) is 8.78 Å². The number of benzene rings is 3. The van der Waals surface area contributed by atoms with E-state index in [4.69, 9.17) is 14.2 Å². The number of likely N-dealkylation sites (tertiary alicyclic amines) is 1. The fourth-order valence-electron chi connectivity index (χ4n) is 6.51. The molecular formula is C38H38F2N4O6. The lowest BCUT2D eigenvalue weighted by atomic mass is 10.0. The zero-order chi connectivity index (χ0) is 34.9. The number of aromatic nitrogens is 1. The van der Waals surface area contributed by atoms with Gasteiger partial charge in [-0.2, -0.15) is 0 Å². The summed E-state index contributed by atoms with van der Waals surface area (Å²) >= 11 is 0. The van der Waals surface area contributed by atoms with Crippen LogP contribution in [0.1, 0.15) is 45.4 Å². The molecule has 2 amide bonds. The molecule has 0 bridgehead atoms. The Labute approximate surface area is 288 Å². The molecule has 2 N–H and O–H groups in total. The summed E-state index contributed by atoms with van der Waals surface area (Å²) in [6.45, 7) is 4.91. The van der Waals surface area contributed by atoms with E-state index in [2.05, 4.69) is 20.5 Å². The largest absolute Gasteiger partial charge is 0.493 e. The number of anilines is 2. The molecule has 4 aromatic rings. The molecule has 2 saturated carbocycles. The number of pyridine rings is 1. The molecule has 3 aliphatic rings. The van der Waals surface area contributed by atoms with Crippen LogP contribution in [0.2, 0.25) is 0 Å². The Hall–Kier alpha value is -5.10. The number of hydrogen-bond donors (Lipinski definition) is 2. The third kappa shape index (κ3) is 7.11. The van der Waals surface area contributed by atoms with Crippen LogP contribution in [-0.4, -0.2) is 60.0 Å². The summed E-state index contributed by atoms with van der Waals surface area (Å²) in [7, 11) is 0. The Morgan fingerprint density at radius 1 is 0.900 bits per heavy atom. The Morgan fingerprint density at radius 2 is 1.64 bits per heavy atom. The van der Waals surface area contributed by atoms with Gasteiger partial charge in [0.05, 0.1) is 12.1 Å². The van der Waals surface area contributed by atoms with Gasteiger partial charge in [-0.15, -0.1) is 0 Å². The fourth-order valence-corrected chi connectivity index (χ4v) is 6.51. The predicted molar refractivity (Wildman–Crippen MR) is 182 cm³/mol. The molecule has 0 radical (unpaired) electrons. The number of halogens is 2. The van der Waals surface area contributed by atoms with Gasteiger partial charge < -0.3 is 24.8 Å². The van der Waals surface area contributed by atoms with Crippen molar-refractivity contribution in [2.75, 3.05) is 36.9 Å². The first kappa shape index (κ1) is 33.4. The lowest BCUT2D eigenvalue weighted by Gasteiger charge is -2.17. The molecule has 1 saturated heterocycles. The average molecular weight is 685 g/mol. The highest BCUT2D eigenvalue weighted by Crippen LogP contribution is 2.54. The van der Waals surface area contributed by atoms with E-state index in [1.165, 1.54) is 36.4 Å². The van der Waals surface area contributed by atoms with Crippen molar-refractivity contribution in [2.45, 2.75) is 51.6 Å². The van der Waals surface area contributed by atoms with Crippen LogP contribution in [0.15, 0.2) is 72.9 Å². The molecule has 1 unspecified atom stereocenters. The smallest absolute Gasteiger partial charge is 0.305 e. The molecule has 1 atom stereocenters. The van der Waals surface area contributed by atoms with E-state index < -0.39 is 28.9 Å². The monoisotopic (exact) mass is 684 g/mol. The van der Waals surface area contributed by atoms with Gasteiger partial charge in [-0.1, -0.05) is 6.92 Å². The quantitative estimate of drug-likeness (QED) is 0.0892. The SMILES string of the molecule is CCC(=O)OC1CN(CCCOc2ccc3c(Oc4ccc(NC(=O)C5(C(=O)Nc6ccc(F)cc6)CC5)cc4F)ccnc3c2)CC12CC2. The van der Waals surface area contributed by atoms with E-state index in [0.717, 1.165) is 45.0 Å². The highest BCUT2D eigenvalue weighted by molar-refractivity contribution is 6.16. The minimum atomic E-state index is -1.28. The van der Waals surface area contributed by atoms with Crippen LogP contribution in [0.25, 0.3) is 10.9 Å². The minimum absolute atomic E-state index is 0.0123. The Bertz CT molecular complexity index is 1930. The normalized spacial score (nSPS) is 18.4. The Kier molecular flexibility index (Phi) is 9.13. The Balaban J connectivity index is 0.922. The number of nitrogens with one attached hydrogen (secondary N) is 2. The van der Waals surface area contributed by atoms with Crippen LogP contribution in [0.5, 0.6) is 17.2 Å². The van der Waals surface area contributed by atoms with Gasteiger partial charge in [0, 0.05) is 66.6 Å². The van der Waals surface area contributed by atoms with Gasteiger partial charge in [0.25, 0.3) is 0 Å². The second-order valence-corrected chi connectivity index (χ2v) is 13.4. The summed E-state index contributed by atoms with van der Waals surface area (Å²) in [5, 5.41) is 5.96. The zero-order valence-electron chi connectivity index (χ0n) is 27.7. The van der Waals surface area contributed by atoms with E-state index in [1.54, 1.807) is 12.3 Å².